The molecule has 2 aromatic rings. The highest BCUT2D eigenvalue weighted by atomic mass is 19.1. The standard InChI is InChI=1S/C12H12FN3O/c1-2-16-8-9(5-15-16)3-12(17)10-4-11(13)7-14-6-10/h4-8H,2-3H2,1H3. The third-order valence-electron chi connectivity index (χ3n) is 2.40. The van der Waals surface area contributed by atoms with Gasteiger partial charge in [-0.05, 0) is 18.6 Å². The van der Waals surface area contributed by atoms with E-state index in [9.17, 15) is 9.18 Å². The number of aryl methyl sites for hydroxylation is 1. The van der Waals surface area contributed by atoms with Gasteiger partial charge in [-0.15, -0.1) is 0 Å². The second-order valence-electron chi connectivity index (χ2n) is 3.70. The Hall–Kier alpha value is -2.04. The SMILES string of the molecule is CCn1cc(CC(=O)c2cncc(F)c2)cn1. The average molecular weight is 233 g/mol. The molecule has 0 aliphatic carbocycles. The molecule has 0 saturated heterocycles. The average Bonchev–Trinajstić information content (AvgIpc) is 2.77. The molecule has 4 nitrogen and oxygen atoms in total. The highest BCUT2D eigenvalue weighted by molar-refractivity contribution is 5.97. The van der Waals surface area contributed by atoms with E-state index in [1.54, 1.807) is 10.9 Å². The molecule has 0 N–H and O–H groups in total. The molecule has 0 atom stereocenters. The number of halogens is 1. The van der Waals surface area contributed by atoms with Crippen molar-refractivity contribution in [2.24, 2.45) is 0 Å². The van der Waals surface area contributed by atoms with Crippen molar-refractivity contribution < 1.29 is 9.18 Å². The third-order valence-corrected chi connectivity index (χ3v) is 2.40. The van der Waals surface area contributed by atoms with Crippen LogP contribution in [0.25, 0.3) is 0 Å². The molecule has 0 spiro atoms. The van der Waals surface area contributed by atoms with Gasteiger partial charge >= 0.3 is 0 Å². The lowest BCUT2D eigenvalue weighted by Crippen LogP contribution is -2.04. The van der Waals surface area contributed by atoms with Crippen molar-refractivity contribution in [1.29, 1.82) is 0 Å². The Kier molecular flexibility index (Phi) is 3.27. The van der Waals surface area contributed by atoms with E-state index in [1.807, 2.05) is 13.1 Å². The smallest absolute Gasteiger partial charge is 0.169 e. The summed E-state index contributed by atoms with van der Waals surface area (Å²) in [5.74, 6) is -0.659. The molecule has 17 heavy (non-hydrogen) atoms. The van der Waals surface area contributed by atoms with Gasteiger partial charge < -0.3 is 0 Å². The van der Waals surface area contributed by atoms with Gasteiger partial charge in [-0.1, -0.05) is 0 Å². The second kappa shape index (κ2) is 4.86. The van der Waals surface area contributed by atoms with Crippen molar-refractivity contribution >= 4 is 5.78 Å². The number of aromatic nitrogens is 3. The molecule has 0 unspecified atom stereocenters. The summed E-state index contributed by atoms with van der Waals surface area (Å²) in [5.41, 5.74) is 1.11. The molecular weight excluding hydrogens is 221 g/mol. The quantitative estimate of drug-likeness (QED) is 0.757. The van der Waals surface area contributed by atoms with Crippen LogP contribution in [0.15, 0.2) is 30.9 Å². The van der Waals surface area contributed by atoms with Crippen molar-refractivity contribution in [2.75, 3.05) is 0 Å². The van der Waals surface area contributed by atoms with E-state index in [4.69, 9.17) is 0 Å². The summed E-state index contributed by atoms with van der Waals surface area (Å²) in [6.07, 6.45) is 6.12. The first-order valence-corrected chi connectivity index (χ1v) is 5.34. The molecular formula is C12H12FN3O. The van der Waals surface area contributed by atoms with Gasteiger partial charge in [0.05, 0.1) is 12.4 Å². The molecule has 0 fully saturated rings. The van der Waals surface area contributed by atoms with Crippen LogP contribution < -0.4 is 0 Å². The highest BCUT2D eigenvalue weighted by Crippen LogP contribution is 2.07. The molecule has 0 aliphatic heterocycles. The van der Waals surface area contributed by atoms with Crippen LogP contribution in [0.4, 0.5) is 4.39 Å². The van der Waals surface area contributed by atoms with Gasteiger partial charge in [0.15, 0.2) is 5.78 Å². The number of carbonyl (C=O) groups is 1. The Morgan fingerprint density at radius 1 is 1.41 bits per heavy atom. The first-order valence-electron chi connectivity index (χ1n) is 5.34. The Balaban J connectivity index is 2.11. The van der Waals surface area contributed by atoms with Crippen molar-refractivity contribution in [2.45, 2.75) is 19.9 Å². The van der Waals surface area contributed by atoms with Crippen molar-refractivity contribution in [3.05, 3.63) is 47.8 Å². The van der Waals surface area contributed by atoms with E-state index in [0.29, 0.717) is 0 Å². The molecule has 88 valence electrons. The van der Waals surface area contributed by atoms with Crippen molar-refractivity contribution in [3.63, 3.8) is 0 Å². The zero-order valence-corrected chi connectivity index (χ0v) is 9.43. The van der Waals surface area contributed by atoms with Gasteiger partial charge in [-0.25, -0.2) is 4.39 Å². The lowest BCUT2D eigenvalue weighted by molar-refractivity contribution is 0.0992. The van der Waals surface area contributed by atoms with E-state index < -0.39 is 5.82 Å². The van der Waals surface area contributed by atoms with Gasteiger partial charge in [-0.3, -0.25) is 14.5 Å². The third kappa shape index (κ3) is 2.75. The number of carbonyl (C=O) groups excluding carboxylic acids is 1. The van der Waals surface area contributed by atoms with Crippen LogP contribution in [0.3, 0.4) is 0 Å². The largest absolute Gasteiger partial charge is 0.294 e. The zero-order chi connectivity index (χ0) is 12.3. The molecule has 0 radical (unpaired) electrons. The summed E-state index contributed by atoms with van der Waals surface area (Å²) in [6, 6.07) is 1.19. The van der Waals surface area contributed by atoms with Crippen LogP contribution in [-0.4, -0.2) is 20.5 Å². The fourth-order valence-electron chi connectivity index (χ4n) is 1.52. The van der Waals surface area contributed by atoms with Crippen molar-refractivity contribution in [1.82, 2.24) is 14.8 Å². The molecule has 2 heterocycles. The predicted octanol–water partition coefficient (Wildman–Crippen LogP) is 1.86. The van der Waals surface area contributed by atoms with E-state index >= 15 is 0 Å². The monoisotopic (exact) mass is 233 g/mol. The second-order valence-corrected chi connectivity index (χ2v) is 3.70. The maximum Gasteiger partial charge on any atom is 0.169 e. The zero-order valence-electron chi connectivity index (χ0n) is 9.43. The summed E-state index contributed by atoms with van der Waals surface area (Å²) in [5, 5.41) is 4.07. The highest BCUT2D eigenvalue weighted by Gasteiger charge is 2.09. The van der Waals surface area contributed by atoms with Gasteiger partial charge in [-0.2, -0.15) is 5.10 Å². The molecule has 2 rings (SSSR count). The minimum absolute atomic E-state index is 0.160. The van der Waals surface area contributed by atoms with E-state index in [2.05, 4.69) is 10.1 Å². The lowest BCUT2D eigenvalue weighted by Gasteiger charge is -1.98. The van der Waals surface area contributed by atoms with Gasteiger partial charge in [0.1, 0.15) is 5.82 Å². The fourth-order valence-corrected chi connectivity index (χ4v) is 1.52. The molecule has 5 heteroatoms. The number of nitrogens with zero attached hydrogens (tertiary/aromatic N) is 3. The number of rotatable bonds is 4. The number of pyridine rings is 1. The molecule has 0 bridgehead atoms. The summed E-state index contributed by atoms with van der Waals surface area (Å²) in [4.78, 5) is 15.5. The summed E-state index contributed by atoms with van der Waals surface area (Å²) < 4.78 is 14.6. The van der Waals surface area contributed by atoms with Crippen LogP contribution in [0.5, 0.6) is 0 Å². The maximum absolute atomic E-state index is 12.9. The van der Waals surface area contributed by atoms with E-state index in [-0.39, 0.29) is 17.8 Å². The molecule has 0 aromatic carbocycles. The number of hydrogen-bond acceptors (Lipinski definition) is 3. The first kappa shape index (κ1) is 11.4. The van der Waals surface area contributed by atoms with Gasteiger partial charge in [0.2, 0.25) is 0 Å². The fraction of sp³-hybridized carbons (Fsp3) is 0.250. The van der Waals surface area contributed by atoms with Crippen LogP contribution in [0.2, 0.25) is 0 Å². The number of hydrogen-bond donors (Lipinski definition) is 0. The van der Waals surface area contributed by atoms with Crippen LogP contribution >= 0.6 is 0 Å². The summed E-state index contributed by atoms with van der Waals surface area (Å²) in [6.45, 7) is 2.73. The normalized spacial score (nSPS) is 10.5. The Morgan fingerprint density at radius 3 is 2.88 bits per heavy atom. The molecule has 0 amide bonds. The molecule has 2 aromatic heterocycles. The Morgan fingerprint density at radius 2 is 2.24 bits per heavy atom. The Bertz CT molecular complexity index is 536. The summed E-state index contributed by atoms with van der Waals surface area (Å²) in [7, 11) is 0. The molecule has 0 saturated carbocycles. The summed E-state index contributed by atoms with van der Waals surface area (Å²) >= 11 is 0. The first-order chi connectivity index (χ1) is 8.19. The van der Waals surface area contributed by atoms with Crippen molar-refractivity contribution in [3.8, 4) is 0 Å². The minimum atomic E-state index is -0.500. The van der Waals surface area contributed by atoms with Crippen LogP contribution in [0, 0.1) is 5.82 Å². The predicted molar refractivity (Wildman–Crippen MR) is 60.1 cm³/mol. The number of ketones is 1. The minimum Gasteiger partial charge on any atom is -0.294 e. The van der Waals surface area contributed by atoms with E-state index in [0.717, 1.165) is 18.3 Å². The maximum atomic E-state index is 12.9. The topological polar surface area (TPSA) is 47.8 Å². The van der Waals surface area contributed by atoms with E-state index in [1.165, 1.54) is 12.3 Å². The molecule has 0 aliphatic rings. The van der Waals surface area contributed by atoms with Gasteiger partial charge in [0.25, 0.3) is 0 Å². The van der Waals surface area contributed by atoms with Crippen LogP contribution in [-0.2, 0) is 13.0 Å². The van der Waals surface area contributed by atoms with Gasteiger partial charge in [0, 0.05) is 30.9 Å². The Labute approximate surface area is 98.1 Å². The van der Waals surface area contributed by atoms with Crippen LogP contribution in [0.1, 0.15) is 22.8 Å². The lowest BCUT2D eigenvalue weighted by atomic mass is 10.1. The number of Topliss-reactive ketones (excluding diaryl/α,β-unsaturated/α-hetero) is 1.